The maximum absolute atomic E-state index is 10.6. The minimum absolute atomic E-state index is 0.604. The fourth-order valence-corrected chi connectivity index (χ4v) is 1.23. The van der Waals surface area contributed by atoms with E-state index in [1.807, 2.05) is 32.9 Å². The number of carboxylic acids is 1. The number of halogens is 1. The third-order valence-corrected chi connectivity index (χ3v) is 1.86. The first-order valence-corrected chi connectivity index (χ1v) is 6.04. The zero-order valence-electron chi connectivity index (χ0n) is 10.4. The molecule has 5 nitrogen and oxygen atoms in total. The first kappa shape index (κ1) is 15.5. The zero-order chi connectivity index (χ0) is 13.4. The van der Waals surface area contributed by atoms with E-state index >= 15 is 0 Å². The second-order valence-electron chi connectivity index (χ2n) is 2.91. The molecule has 1 unspecified atom stereocenters. The van der Waals surface area contributed by atoms with Crippen molar-refractivity contribution in [3.05, 3.63) is 17.8 Å². The van der Waals surface area contributed by atoms with Crippen LogP contribution in [0.15, 0.2) is 12.1 Å². The van der Waals surface area contributed by atoms with E-state index in [4.69, 9.17) is 5.11 Å². The number of hydrogen-bond acceptors (Lipinski definition) is 4. The number of rotatable bonds is 1. The van der Waals surface area contributed by atoms with E-state index < -0.39 is 12.1 Å². The summed E-state index contributed by atoms with van der Waals surface area (Å²) in [5.41, 5.74) is 1.59. The Morgan fingerprint density at radius 2 is 1.94 bits per heavy atom. The van der Waals surface area contributed by atoms with Crippen molar-refractivity contribution in [1.29, 1.82) is 0 Å². The van der Waals surface area contributed by atoms with Gasteiger partial charge in [0.2, 0.25) is 0 Å². The number of aryl methyl sites for hydroxylation is 1. The maximum atomic E-state index is 10.6. The van der Waals surface area contributed by atoms with Crippen molar-refractivity contribution in [2.75, 3.05) is 17.0 Å². The molecule has 0 saturated carbocycles. The number of alkyl halides is 1. The highest BCUT2D eigenvalue weighted by Gasteiger charge is 2.25. The van der Waals surface area contributed by atoms with Gasteiger partial charge in [-0.15, -0.1) is 11.6 Å². The van der Waals surface area contributed by atoms with Gasteiger partial charge in [-0.05, 0) is 19.1 Å². The van der Waals surface area contributed by atoms with Gasteiger partial charge in [-0.1, -0.05) is 13.8 Å². The quantitative estimate of drug-likeness (QED) is 0.676. The second kappa shape index (κ2) is 7.73. The summed E-state index contributed by atoms with van der Waals surface area (Å²) < 4.78 is 0. The Hall–Kier alpha value is -1.49. The zero-order valence-corrected chi connectivity index (χ0v) is 11.2. The number of nitrogens with zero attached hydrogens (tertiary/aromatic N) is 1. The summed E-state index contributed by atoms with van der Waals surface area (Å²) in [6.45, 7) is 5.86. The number of hydrogen-bond donors (Lipinski definition) is 3. The molecule has 0 aliphatic carbocycles. The summed E-state index contributed by atoms with van der Waals surface area (Å²) >= 11 is 4.64. The van der Waals surface area contributed by atoms with Gasteiger partial charge in [-0.25, -0.2) is 9.78 Å². The fraction of sp³-hybridized carbons (Fsp3) is 0.455. The third kappa shape index (κ3) is 4.11. The highest BCUT2D eigenvalue weighted by Crippen LogP contribution is 2.26. The van der Waals surface area contributed by atoms with Crippen LogP contribution in [0, 0.1) is 6.92 Å². The van der Waals surface area contributed by atoms with Crippen molar-refractivity contribution in [3.8, 4) is 0 Å². The van der Waals surface area contributed by atoms with Crippen LogP contribution >= 0.6 is 11.6 Å². The van der Waals surface area contributed by atoms with Gasteiger partial charge in [0, 0.05) is 12.1 Å². The molecule has 96 valence electrons. The van der Waals surface area contributed by atoms with Crippen LogP contribution < -0.4 is 10.6 Å². The smallest absolute Gasteiger partial charge is 0.347 e. The molecule has 1 aromatic heterocycles. The summed E-state index contributed by atoms with van der Waals surface area (Å²) in [5.74, 6) is -0.331. The Kier molecular flexibility index (Phi) is 7.05. The van der Waals surface area contributed by atoms with Crippen molar-refractivity contribution in [1.82, 2.24) is 4.98 Å². The Labute approximate surface area is 106 Å². The van der Waals surface area contributed by atoms with Crippen LogP contribution in [0.25, 0.3) is 0 Å². The van der Waals surface area contributed by atoms with E-state index in [1.165, 1.54) is 6.38 Å². The Morgan fingerprint density at radius 1 is 1.35 bits per heavy atom. The van der Waals surface area contributed by atoms with E-state index in [0.717, 1.165) is 11.4 Å². The molecule has 1 aliphatic rings. The first-order chi connectivity index (χ1) is 8.16. The Morgan fingerprint density at radius 3 is 2.47 bits per heavy atom. The summed E-state index contributed by atoms with van der Waals surface area (Å²) in [6.07, 6.45) is 0.712. The first-order valence-electron chi connectivity index (χ1n) is 5.28. The lowest BCUT2D eigenvalue weighted by molar-refractivity contribution is -0.137. The van der Waals surface area contributed by atoms with Gasteiger partial charge in [0.05, 0.1) is 5.69 Å². The van der Waals surface area contributed by atoms with Crippen molar-refractivity contribution in [2.24, 2.45) is 0 Å². The molecule has 0 aromatic carbocycles. The molecular formula is C11H18ClN3O2. The Balaban J connectivity index is 0.000000581. The van der Waals surface area contributed by atoms with Gasteiger partial charge >= 0.3 is 5.97 Å². The standard InChI is InChI=1S/C8H9N3O2.C2H6.CH3Cl/c1-4-2-3-5-6(9-4)11-7(10-5)8(12)13;2*1-2/h2-3,7,10H,1H3,(H,9,11)(H,12,13);1-2H3;1H3. The molecule has 3 N–H and O–H groups in total. The van der Waals surface area contributed by atoms with E-state index in [1.54, 1.807) is 0 Å². The summed E-state index contributed by atoms with van der Waals surface area (Å²) in [4.78, 5) is 14.8. The molecule has 2 rings (SSSR count). The van der Waals surface area contributed by atoms with Crippen molar-refractivity contribution in [2.45, 2.75) is 26.9 Å². The van der Waals surface area contributed by atoms with E-state index in [9.17, 15) is 4.79 Å². The van der Waals surface area contributed by atoms with Gasteiger partial charge < -0.3 is 15.7 Å². The van der Waals surface area contributed by atoms with E-state index in [2.05, 4.69) is 27.2 Å². The van der Waals surface area contributed by atoms with Crippen LogP contribution in [0.5, 0.6) is 0 Å². The molecule has 0 radical (unpaired) electrons. The molecule has 1 aliphatic heterocycles. The molecular weight excluding hydrogens is 242 g/mol. The summed E-state index contributed by atoms with van der Waals surface area (Å²) in [6, 6.07) is 3.64. The molecule has 0 saturated heterocycles. The van der Waals surface area contributed by atoms with Crippen LogP contribution in [0.2, 0.25) is 0 Å². The number of aromatic nitrogens is 1. The molecule has 1 aromatic rings. The SMILES string of the molecule is CC.CCl.Cc1ccc2c(n1)NC(C(=O)O)N2. The average molecular weight is 260 g/mol. The monoisotopic (exact) mass is 259 g/mol. The minimum atomic E-state index is -0.935. The topological polar surface area (TPSA) is 74.2 Å². The minimum Gasteiger partial charge on any atom is -0.478 e. The van der Waals surface area contributed by atoms with Crippen LogP contribution in [0.3, 0.4) is 0 Å². The summed E-state index contributed by atoms with van der Waals surface area (Å²) in [5, 5.41) is 14.2. The predicted molar refractivity (Wildman–Crippen MR) is 70.8 cm³/mol. The molecule has 2 heterocycles. The van der Waals surface area contributed by atoms with Gasteiger partial charge in [0.15, 0.2) is 12.0 Å². The van der Waals surface area contributed by atoms with Crippen LogP contribution in [0.1, 0.15) is 19.5 Å². The van der Waals surface area contributed by atoms with Gasteiger partial charge in [-0.3, -0.25) is 0 Å². The largest absolute Gasteiger partial charge is 0.478 e. The number of anilines is 2. The number of aliphatic carboxylic acids is 1. The van der Waals surface area contributed by atoms with Crippen molar-refractivity contribution in [3.63, 3.8) is 0 Å². The number of nitrogens with one attached hydrogen (secondary N) is 2. The lowest BCUT2D eigenvalue weighted by atomic mass is 10.3. The van der Waals surface area contributed by atoms with E-state index in [0.29, 0.717) is 5.82 Å². The molecule has 0 fully saturated rings. The molecule has 1 atom stereocenters. The molecule has 6 heteroatoms. The molecule has 0 spiro atoms. The van der Waals surface area contributed by atoms with Gasteiger partial charge in [-0.2, -0.15) is 0 Å². The maximum Gasteiger partial charge on any atom is 0.347 e. The van der Waals surface area contributed by atoms with Gasteiger partial charge in [0.25, 0.3) is 0 Å². The Bertz CT molecular complexity index is 372. The third-order valence-electron chi connectivity index (χ3n) is 1.86. The van der Waals surface area contributed by atoms with E-state index in [-0.39, 0.29) is 0 Å². The highest BCUT2D eigenvalue weighted by molar-refractivity contribution is 6.15. The van der Waals surface area contributed by atoms with Crippen LogP contribution in [-0.4, -0.2) is 28.6 Å². The normalized spacial score (nSPS) is 15.0. The number of fused-ring (bicyclic) bond motifs is 1. The van der Waals surface area contributed by atoms with Gasteiger partial charge in [0.1, 0.15) is 0 Å². The summed E-state index contributed by atoms with van der Waals surface area (Å²) in [7, 11) is 0. The van der Waals surface area contributed by atoms with Crippen LogP contribution in [-0.2, 0) is 4.79 Å². The second-order valence-corrected chi connectivity index (χ2v) is 2.91. The van der Waals surface area contributed by atoms with Crippen molar-refractivity contribution >= 4 is 29.1 Å². The number of pyridine rings is 1. The van der Waals surface area contributed by atoms with Crippen LogP contribution in [0.4, 0.5) is 11.5 Å². The lowest BCUT2D eigenvalue weighted by Crippen LogP contribution is -2.31. The lowest BCUT2D eigenvalue weighted by Gasteiger charge is -2.03. The molecule has 0 bridgehead atoms. The predicted octanol–water partition coefficient (Wildman–Crippen LogP) is 2.52. The molecule has 0 amide bonds. The van der Waals surface area contributed by atoms with Crippen molar-refractivity contribution < 1.29 is 9.90 Å². The fourth-order valence-electron chi connectivity index (χ4n) is 1.23. The number of carbonyl (C=O) groups is 1. The highest BCUT2D eigenvalue weighted by atomic mass is 35.5. The average Bonchev–Trinajstić information content (AvgIpc) is 2.77. The number of carboxylic acid groups (broad SMARTS) is 1. The molecule has 17 heavy (non-hydrogen) atoms.